The van der Waals surface area contributed by atoms with Gasteiger partial charge in [0, 0.05) is 19.1 Å². The molecular weight excluding hydrogens is 336 g/mol. The van der Waals surface area contributed by atoms with E-state index in [-0.39, 0.29) is 19.1 Å². The summed E-state index contributed by atoms with van der Waals surface area (Å²) in [6, 6.07) is 11.8. The van der Waals surface area contributed by atoms with Gasteiger partial charge in [-0.25, -0.2) is 4.79 Å². The highest BCUT2D eigenvalue weighted by atomic mass is 16.4. The number of carbonyl (C=O) groups excluding carboxylic acids is 1. The van der Waals surface area contributed by atoms with Gasteiger partial charge in [0.15, 0.2) is 0 Å². The normalized spacial score (nSPS) is 13.0. The van der Waals surface area contributed by atoms with E-state index >= 15 is 0 Å². The lowest BCUT2D eigenvalue weighted by Crippen LogP contribution is -2.44. The van der Waals surface area contributed by atoms with Crippen LogP contribution in [0.5, 0.6) is 0 Å². The maximum atomic E-state index is 12.4. The van der Waals surface area contributed by atoms with Crippen LogP contribution in [0.25, 0.3) is 0 Å². The molecule has 0 aliphatic carbocycles. The van der Waals surface area contributed by atoms with Crippen LogP contribution in [-0.2, 0) is 11.2 Å². The van der Waals surface area contributed by atoms with Gasteiger partial charge in [-0.15, -0.1) is 0 Å². The predicted molar refractivity (Wildman–Crippen MR) is 95.6 cm³/mol. The fourth-order valence-electron chi connectivity index (χ4n) is 2.71. The number of rotatable bonds is 10. The number of aliphatic hydroxyl groups excluding tert-OH is 1. The van der Waals surface area contributed by atoms with E-state index < -0.39 is 18.0 Å². The minimum Gasteiger partial charge on any atom is -0.481 e. The standard InChI is InChI=1S/C19H24N2O5/c22-11-10-16(17-7-4-12-26-17)21-19(25)20-15(8-9-18(23)24)13-14-5-2-1-3-6-14/h1-7,12,15-16,22H,8-11,13H2,(H,23,24)(H2,20,21,25). The Bertz CT molecular complexity index is 673. The summed E-state index contributed by atoms with van der Waals surface area (Å²) >= 11 is 0. The highest BCUT2D eigenvalue weighted by Crippen LogP contribution is 2.17. The summed E-state index contributed by atoms with van der Waals surface area (Å²) in [5, 5.41) is 23.7. The number of aliphatic carboxylic acids is 1. The molecular formula is C19H24N2O5. The number of nitrogens with one attached hydrogen (secondary N) is 2. The van der Waals surface area contributed by atoms with Gasteiger partial charge < -0.3 is 25.3 Å². The number of urea groups is 1. The van der Waals surface area contributed by atoms with E-state index in [2.05, 4.69) is 10.6 Å². The van der Waals surface area contributed by atoms with Gasteiger partial charge in [0.25, 0.3) is 0 Å². The molecule has 0 aliphatic heterocycles. The average Bonchev–Trinajstić information content (AvgIpc) is 3.15. The third-order valence-electron chi connectivity index (χ3n) is 3.98. The maximum absolute atomic E-state index is 12.4. The molecule has 2 rings (SSSR count). The zero-order valence-corrected chi connectivity index (χ0v) is 14.4. The Kier molecular flexibility index (Phi) is 7.70. The Morgan fingerprint density at radius 2 is 1.81 bits per heavy atom. The second-order valence-electron chi connectivity index (χ2n) is 6.02. The molecule has 2 aromatic rings. The molecule has 1 aromatic carbocycles. The third kappa shape index (κ3) is 6.60. The number of hydrogen-bond donors (Lipinski definition) is 4. The largest absolute Gasteiger partial charge is 0.481 e. The van der Waals surface area contributed by atoms with Gasteiger partial charge in [-0.1, -0.05) is 30.3 Å². The Labute approximate surface area is 152 Å². The average molecular weight is 360 g/mol. The smallest absolute Gasteiger partial charge is 0.315 e. The van der Waals surface area contributed by atoms with Gasteiger partial charge in [-0.2, -0.15) is 0 Å². The maximum Gasteiger partial charge on any atom is 0.315 e. The van der Waals surface area contributed by atoms with Crippen LogP contribution in [-0.4, -0.2) is 34.9 Å². The number of benzene rings is 1. The molecule has 7 heteroatoms. The Morgan fingerprint density at radius 1 is 1.04 bits per heavy atom. The van der Waals surface area contributed by atoms with Gasteiger partial charge in [0.2, 0.25) is 0 Å². The minimum atomic E-state index is -0.904. The number of carboxylic acids is 1. The van der Waals surface area contributed by atoms with Crippen LogP contribution in [0, 0.1) is 0 Å². The lowest BCUT2D eigenvalue weighted by molar-refractivity contribution is -0.137. The fraction of sp³-hybridized carbons (Fsp3) is 0.368. The summed E-state index contributed by atoms with van der Waals surface area (Å²) in [5.41, 5.74) is 1.01. The van der Waals surface area contributed by atoms with Crippen LogP contribution in [0.3, 0.4) is 0 Å². The van der Waals surface area contributed by atoms with Crippen LogP contribution >= 0.6 is 0 Å². The first-order valence-electron chi connectivity index (χ1n) is 8.55. The van der Waals surface area contributed by atoms with Crippen molar-refractivity contribution in [1.82, 2.24) is 10.6 Å². The first-order valence-corrected chi connectivity index (χ1v) is 8.55. The number of hydrogen-bond acceptors (Lipinski definition) is 4. The number of amides is 2. The Morgan fingerprint density at radius 3 is 2.42 bits per heavy atom. The van der Waals surface area contributed by atoms with E-state index in [0.29, 0.717) is 25.0 Å². The molecule has 1 aromatic heterocycles. The topological polar surface area (TPSA) is 112 Å². The highest BCUT2D eigenvalue weighted by molar-refractivity contribution is 5.75. The fourth-order valence-corrected chi connectivity index (χ4v) is 2.71. The molecule has 0 bridgehead atoms. The molecule has 2 unspecified atom stereocenters. The van der Waals surface area contributed by atoms with Crippen molar-refractivity contribution in [3.63, 3.8) is 0 Å². The van der Waals surface area contributed by atoms with Crippen LogP contribution in [0.4, 0.5) is 4.79 Å². The SMILES string of the molecule is O=C(O)CCC(Cc1ccccc1)NC(=O)NC(CCO)c1ccco1. The monoisotopic (exact) mass is 360 g/mol. The third-order valence-corrected chi connectivity index (χ3v) is 3.98. The predicted octanol–water partition coefficient (Wildman–Crippen LogP) is 2.48. The van der Waals surface area contributed by atoms with Crippen molar-refractivity contribution in [3.05, 3.63) is 60.1 Å². The van der Waals surface area contributed by atoms with E-state index in [1.807, 2.05) is 30.3 Å². The molecule has 2 atom stereocenters. The van der Waals surface area contributed by atoms with Gasteiger partial charge >= 0.3 is 12.0 Å². The van der Waals surface area contributed by atoms with Crippen molar-refractivity contribution in [1.29, 1.82) is 0 Å². The van der Waals surface area contributed by atoms with E-state index in [9.17, 15) is 14.7 Å². The Hall–Kier alpha value is -2.80. The molecule has 26 heavy (non-hydrogen) atoms. The molecule has 4 N–H and O–H groups in total. The van der Waals surface area contributed by atoms with Crippen molar-refractivity contribution in [2.75, 3.05) is 6.61 Å². The minimum absolute atomic E-state index is 0.0317. The lowest BCUT2D eigenvalue weighted by Gasteiger charge is -2.21. The van der Waals surface area contributed by atoms with E-state index in [1.165, 1.54) is 6.26 Å². The molecule has 2 amide bonds. The first-order chi connectivity index (χ1) is 12.6. The molecule has 0 saturated heterocycles. The van der Waals surface area contributed by atoms with E-state index in [0.717, 1.165) is 5.56 Å². The first kappa shape index (κ1) is 19.5. The molecule has 0 saturated carbocycles. The number of carboxylic acid groups (broad SMARTS) is 1. The second-order valence-corrected chi connectivity index (χ2v) is 6.02. The van der Waals surface area contributed by atoms with Crippen LogP contribution in [0.1, 0.15) is 36.6 Å². The number of furan rings is 1. The number of carbonyl (C=O) groups is 2. The summed E-state index contributed by atoms with van der Waals surface area (Å²) in [6.45, 7) is -0.0991. The summed E-state index contributed by atoms with van der Waals surface area (Å²) in [6.07, 6.45) is 2.65. The summed E-state index contributed by atoms with van der Waals surface area (Å²) in [5.74, 6) is -0.349. The van der Waals surface area contributed by atoms with Crippen LogP contribution in [0.2, 0.25) is 0 Å². The molecule has 0 radical (unpaired) electrons. The summed E-state index contributed by atoms with van der Waals surface area (Å²) < 4.78 is 5.30. The lowest BCUT2D eigenvalue weighted by atomic mass is 10.0. The van der Waals surface area contributed by atoms with Gasteiger partial charge in [-0.3, -0.25) is 4.79 Å². The molecule has 1 heterocycles. The van der Waals surface area contributed by atoms with Gasteiger partial charge in [0.1, 0.15) is 5.76 Å². The van der Waals surface area contributed by atoms with Crippen LogP contribution < -0.4 is 10.6 Å². The van der Waals surface area contributed by atoms with Crippen LogP contribution in [0.15, 0.2) is 53.1 Å². The molecule has 7 nitrogen and oxygen atoms in total. The van der Waals surface area contributed by atoms with Crippen molar-refractivity contribution in [3.8, 4) is 0 Å². The van der Waals surface area contributed by atoms with E-state index in [1.54, 1.807) is 12.1 Å². The Balaban J connectivity index is 1.98. The molecule has 140 valence electrons. The molecule has 0 aliphatic rings. The molecule has 0 fully saturated rings. The van der Waals surface area contributed by atoms with E-state index in [4.69, 9.17) is 9.52 Å². The summed E-state index contributed by atoms with van der Waals surface area (Å²) in [7, 11) is 0. The second kappa shape index (κ2) is 10.2. The number of aliphatic hydroxyl groups is 1. The zero-order valence-electron chi connectivity index (χ0n) is 14.4. The quantitative estimate of drug-likeness (QED) is 0.520. The van der Waals surface area contributed by atoms with Crippen molar-refractivity contribution < 1.29 is 24.2 Å². The summed E-state index contributed by atoms with van der Waals surface area (Å²) in [4.78, 5) is 23.3. The van der Waals surface area contributed by atoms with Crippen molar-refractivity contribution >= 4 is 12.0 Å². The van der Waals surface area contributed by atoms with Crippen molar-refractivity contribution in [2.24, 2.45) is 0 Å². The molecule has 0 spiro atoms. The van der Waals surface area contributed by atoms with Crippen molar-refractivity contribution in [2.45, 2.75) is 37.8 Å². The van der Waals surface area contributed by atoms with Gasteiger partial charge in [0.05, 0.1) is 12.3 Å². The highest BCUT2D eigenvalue weighted by Gasteiger charge is 2.20. The van der Waals surface area contributed by atoms with Gasteiger partial charge in [-0.05, 0) is 37.0 Å². The zero-order chi connectivity index (χ0) is 18.8.